The van der Waals surface area contributed by atoms with Crippen LogP contribution in [0.1, 0.15) is 19.2 Å². The SMILES string of the molecule is CCOc1ccc2c(c1)nc(CCCN)n2C. The fraction of sp³-hybridized carbons (Fsp3) is 0.462. The smallest absolute Gasteiger partial charge is 0.121 e. The molecule has 1 heterocycles. The number of ether oxygens (including phenoxy) is 1. The van der Waals surface area contributed by atoms with Crippen molar-refractivity contribution in [1.82, 2.24) is 9.55 Å². The standard InChI is InChI=1S/C13H19N3O/c1-3-17-10-6-7-12-11(9-10)15-13(16(12)2)5-4-8-14/h6-7,9H,3-5,8,14H2,1-2H3. The van der Waals surface area contributed by atoms with Gasteiger partial charge in [-0.05, 0) is 32.0 Å². The Morgan fingerprint density at radius 1 is 1.41 bits per heavy atom. The van der Waals surface area contributed by atoms with Gasteiger partial charge in [-0.1, -0.05) is 0 Å². The molecule has 0 aliphatic carbocycles. The summed E-state index contributed by atoms with van der Waals surface area (Å²) in [5.41, 5.74) is 7.66. The van der Waals surface area contributed by atoms with Crippen molar-refractivity contribution in [3.05, 3.63) is 24.0 Å². The van der Waals surface area contributed by atoms with E-state index in [4.69, 9.17) is 10.5 Å². The van der Waals surface area contributed by atoms with Crippen LogP contribution in [0.15, 0.2) is 18.2 Å². The largest absolute Gasteiger partial charge is 0.494 e. The molecule has 1 aromatic carbocycles. The number of imidazole rings is 1. The van der Waals surface area contributed by atoms with Crippen LogP contribution < -0.4 is 10.5 Å². The molecule has 0 radical (unpaired) electrons. The summed E-state index contributed by atoms with van der Waals surface area (Å²) >= 11 is 0. The molecule has 2 rings (SSSR count). The number of nitrogens with zero attached hydrogens (tertiary/aromatic N) is 2. The van der Waals surface area contributed by atoms with Gasteiger partial charge in [0.25, 0.3) is 0 Å². The molecule has 0 amide bonds. The molecule has 0 bridgehead atoms. The lowest BCUT2D eigenvalue weighted by Gasteiger charge is -2.02. The maximum absolute atomic E-state index is 5.53. The summed E-state index contributed by atoms with van der Waals surface area (Å²) in [5, 5.41) is 0. The predicted molar refractivity (Wildman–Crippen MR) is 69.3 cm³/mol. The minimum Gasteiger partial charge on any atom is -0.494 e. The zero-order valence-electron chi connectivity index (χ0n) is 10.4. The highest BCUT2D eigenvalue weighted by Crippen LogP contribution is 2.21. The first kappa shape index (κ1) is 11.9. The van der Waals surface area contributed by atoms with Gasteiger partial charge >= 0.3 is 0 Å². The van der Waals surface area contributed by atoms with Crippen LogP contribution in [0, 0.1) is 0 Å². The van der Waals surface area contributed by atoms with Gasteiger partial charge in [-0.25, -0.2) is 4.98 Å². The molecule has 0 saturated heterocycles. The van der Waals surface area contributed by atoms with E-state index in [0.717, 1.165) is 35.4 Å². The fourth-order valence-corrected chi connectivity index (χ4v) is 1.97. The van der Waals surface area contributed by atoms with Crippen LogP contribution in [0.4, 0.5) is 0 Å². The monoisotopic (exact) mass is 233 g/mol. The van der Waals surface area contributed by atoms with Crippen LogP contribution in [-0.4, -0.2) is 22.7 Å². The van der Waals surface area contributed by atoms with Gasteiger partial charge in [0.1, 0.15) is 11.6 Å². The third kappa shape index (κ3) is 2.42. The van der Waals surface area contributed by atoms with Gasteiger partial charge in [0.15, 0.2) is 0 Å². The summed E-state index contributed by atoms with van der Waals surface area (Å²) in [5.74, 6) is 1.96. The third-order valence-corrected chi connectivity index (χ3v) is 2.86. The quantitative estimate of drug-likeness (QED) is 0.857. The summed E-state index contributed by atoms with van der Waals surface area (Å²) in [4.78, 5) is 4.62. The van der Waals surface area contributed by atoms with Crippen LogP contribution in [0.5, 0.6) is 5.75 Å². The summed E-state index contributed by atoms with van der Waals surface area (Å²) in [6.07, 6.45) is 1.89. The molecule has 4 nitrogen and oxygen atoms in total. The molecule has 2 aromatic rings. The Morgan fingerprint density at radius 2 is 2.24 bits per heavy atom. The second-order valence-corrected chi connectivity index (χ2v) is 4.06. The molecule has 0 saturated carbocycles. The first-order valence-electron chi connectivity index (χ1n) is 6.04. The van der Waals surface area contributed by atoms with Gasteiger partial charge < -0.3 is 15.0 Å². The topological polar surface area (TPSA) is 53.1 Å². The molecule has 92 valence electrons. The fourth-order valence-electron chi connectivity index (χ4n) is 1.97. The highest BCUT2D eigenvalue weighted by atomic mass is 16.5. The van der Waals surface area contributed by atoms with Crippen LogP contribution >= 0.6 is 0 Å². The van der Waals surface area contributed by atoms with E-state index in [0.29, 0.717) is 13.2 Å². The minimum atomic E-state index is 0.679. The van der Waals surface area contributed by atoms with Crippen LogP contribution in [0.3, 0.4) is 0 Å². The Labute approximate surface area is 101 Å². The highest BCUT2D eigenvalue weighted by Gasteiger charge is 2.08. The number of aryl methyl sites for hydroxylation is 2. The molecule has 0 fully saturated rings. The van der Waals surface area contributed by atoms with Gasteiger partial charge in [0, 0.05) is 19.5 Å². The Bertz CT molecular complexity index is 505. The number of nitrogens with two attached hydrogens (primary N) is 1. The maximum Gasteiger partial charge on any atom is 0.121 e. The molecule has 0 unspecified atom stereocenters. The van der Waals surface area contributed by atoms with Crippen LogP contribution in [0.25, 0.3) is 11.0 Å². The molecule has 2 N–H and O–H groups in total. The van der Waals surface area contributed by atoms with E-state index in [1.807, 2.05) is 26.1 Å². The van der Waals surface area contributed by atoms with E-state index in [1.165, 1.54) is 0 Å². The van der Waals surface area contributed by atoms with E-state index in [2.05, 4.69) is 15.6 Å². The number of hydrogen-bond donors (Lipinski definition) is 1. The number of rotatable bonds is 5. The summed E-state index contributed by atoms with van der Waals surface area (Å²) in [6.45, 7) is 3.36. The van der Waals surface area contributed by atoms with Gasteiger partial charge in [-0.15, -0.1) is 0 Å². The van der Waals surface area contributed by atoms with Crippen molar-refractivity contribution >= 4 is 11.0 Å². The average molecular weight is 233 g/mol. The molecule has 4 heteroatoms. The van der Waals surface area contributed by atoms with Gasteiger partial charge in [-0.2, -0.15) is 0 Å². The molecule has 1 aromatic heterocycles. The van der Waals surface area contributed by atoms with E-state index < -0.39 is 0 Å². The van der Waals surface area contributed by atoms with Crippen molar-refractivity contribution in [1.29, 1.82) is 0 Å². The lowest BCUT2D eigenvalue weighted by atomic mass is 10.3. The van der Waals surface area contributed by atoms with Crippen molar-refractivity contribution in [2.45, 2.75) is 19.8 Å². The first-order chi connectivity index (χ1) is 8.26. The van der Waals surface area contributed by atoms with Gasteiger partial charge in [0.05, 0.1) is 17.6 Å². The van der Waals surface area contributed by atoms with Crippen molar-refractivity contribution < 1.29 is 4.74 Å². The van der Waals surface area contributed by atoms with Crippen LogP contribution in [0.2, 0.25) is 0 Å². The van der Waals surface area contributed by atoms with E-state index in [1.54, 1.807) is 0 Å². The maximum atomic E-state index is 5.53. The van der Waals surface area contributed by atoms with Crippen LogP contribution in [-0.2, 0) is 13.5 Å². The second-order valence-electron chi connectivity index (χ2n) is 4.06. The van der Waals surface area contributed by atoms with Gasteiger partial charge in [-0.3, -0.25) is 0 Å². The van der Waals surface area contributed by atoms with Crippen molar-refractivity contribution in [3.63, 3.8) is 0 Å². The van der Waals surface area contributed by atoms with E-state index in [-0.39, 0.29) is 0 Å². The Kier molecular flexibility index (Phi) is 3.64. The van der Waals surface area contributed by atoms with Crippen molar-refractivity contribution in [2.24, 2.45) is 12.8 Å². The van der Waals surface area contributed by atoms with Crippen molar-refractivity contribution in [2.75, 3.05) is 13.2 Å². The normalized spacial score (nSPS) is 11.0. The van der Waals surface area contributed by atoms with E-state index >= 15 is 0 Å². The minimum absolute atomic E-state index is 0.679. The molecular weight excluding hydrogens is 214 g/mol. The average Bonchev–Trinajstić information content (AvgIpc) is 2.64. The first-order valence-corrected chi connectivity index (χ1v) is 6.04. The lowest BCUT2D eigenvalue weighted by molar-refractivity contribution is 0.340. The highest BCUT2D eigenvalue weighted by molar-refractivity contribution is 5.77. The van der Waals surface area contributed by atoms with E-state index in [9.17, 15) is 0 Å². The number of hydrogen-bond acceptors (Lipinski definition) is 3. The summed E-state index contributed by atoms with van der Waals surface area (Å²) in [7, 11) is 2.04. The summed E-state index contributed by atoms with van der Waals surface area (Å²) < 4.78 is 7.60. The zero-order chi connectivity index (χ0) is 12.3. The van der Waals surface area contributed by atoms with Crippen molar-refractivity contribution in [3.8, 4) is 5.75 Å². The molecular formula is C13H19N3O. The molecule has 0 spiro atoms. The van der Waals surface area contributed by atoms with Gasteiger partial charge in [0.2, 0.25) is 0 Å². The predicted octanol–water partition coefficient (Wildman–Crippen LogP) is 1.86. The molecule has 0 atom stereocenters. The summed E-state index contributed by atoms with van der Waals surface area (Å²) in [6, 6.07) is 6.03. The molecule has 0 aliphatic rings. The lowest BCUT2D eigenvalue weighted by Crippen LogP contribution is -2.04. The number of fused-ring (bicyclic) bond motifs is 1. The second kappa shape index (κ2) is 5.19. The third-order valence-electron chi connectivity index (χ3n) is 2.86. The Balaban J connectivity index is 2.35. The number of aromatic nitrogens is 2. The number of benzene rings is 1. The Morgan fingerprint density at radius 3 is 2.94 bits per heavy atom. The Hall–Kier alpha value is -1.55. The molecule has 0 aliphatic heterocycles. The zero-order valence-corrected chi connectivity index (χ0v) is 10.4. The molecule has 17 heavy (non-hydrogen) atoms.